The predicted molar refractivity (Wildman–Crippen MR) is 85.0 cm³/mol. The Morgan fingerprint density at radius 1 is 1.26 bits per heavy atom. The van der Waals surface area contributed by atoms with Crippen molar-refractivity contribution < 1.29 is 18.7 Å². The Balaban J connectivity index is 1.56. The summed E-state index contributed by atoms with van der Waals surface area (Å²) in [6, 6.07) is 9.29. The monoisotopic (exact) mass is 313 g/mol. The molecule has 1 aliphatic carbocycles. The maximum atomic E-state index is 12.1. The number of rotatable bonds is 5. The minimum atomic E-state index is -0.277. The van der Waals surface area contributed by atoms with Crippen molar-refractivity contribution in [3.63, 3.8) is 0 Å². The number of Topliss-reactive ketones (excluding diaryl/α,β-unsaturated/α-hetero) is 1. The van der Waals surface area contributed by atoms with Gasteiger partial charge in [-0.25, -0.2) is 0 Å². The molecular formula is C18H19NO4. The van der Waals surface area contributed by atoms with Gasteiger partial charge in [0.15, 0.2) is 11.5 Å². The second-order valence-corrected chi connectivity index (χ2v) is 5.58. The van der Waals surface area contributed by atoms with Crippen molar-refractivity contribution in [3.05, 3.63) is 53.0 Å². The zero-order valence-corrected chi connectivity index (χ0v) is 13.1. The summed E-state index contributed by atoms with van der Waals surface area (Å²) in [5.74, 6) is 1.46. The lowest BCUT2D eigenvalue weighted by atomic mass is 9.97. The number of methoxy groups -OCH3 is 1. The van der Waals surface area contributed by atoms with Crippen LogP contribution in [-0.4, -0.2) is 25.3 Å². The van der Waals surface area contributed by atoms with Crippen molar-refractivity contribution in [2.24, 2.45) is 0 Å². The highest BCUT2D eigenvalue weighted by Gasteiger charge is 2.24. The Hall–Kier alpha value is -2.56. The van der Waals surface area contributed by atoms with E-state index < -0.39 is 0 Å². The van der Waals surface area contributed by atoms with Crippen LogP contribution >= 0.6 is 0 Å². The summed E-state index contributed by atoms with van der Waals surface area (Å²) in [4.78, 5) is 23.9. The van der Waals surface area contributed by atoms with E-state index in [1.807, 2.05) is 24.3 Å². The van der Waals surface area contributed by atoms with E-state index in [-0.39, 0.29) is 17.5 Å². The number of ether oxygens (including phenoxy) is 1. The van der Waals surface area contributed by atoms with Crippen LogP contribution in [-0.2, 0) is 12.8 Å². The van der Waals surface area contributed by atoms with Crippen LogP contribution in [0.15, 0.2) is 34.7 Å². The lowest BCUT2D eigenvalue weighted by Gasteiger charge is -2.06. The summed E-state index contributed by atoms with van der Waals surface area (Å²) >= 11 is 0. The molecule has 0 fully saturated rings. The highest BCUT2D eigenvalue weighted by Crippen LogP contribution is 2.24. The second-order valence-electron chi connectivity index (χ2n) is 5.58. The molecule has 0 radical (unpaired) electrons. The third kappa shape index (κ3) is 3.44. The van der Waals surface area contributed by atoms with Gasteiger partial charge in [-0.2, -0.15) is 0 Å². The molecule has 1 aliphatic rings. The van der Waals surface area contributed by atoms with E-state index in [1.165, 1.54) is 0 Å². The van der Waals surface area contributed by atoms with Gasteiger partial charge in [-0.15, -0.1) is 0 Å². The Labute approximate surface area is 134 Å². The number of fused-ring (bicyclic) bond motifs is 1. The lowest BCUT2D eigenvalue weighted by molar-refractivity contribution is 0.0920. The van der Waals surface area contributed by atoms with Gasteiger partial charge < -0.3 is 14.5 Å². The van der Waals surface area contributed by atoms with Crippen LogP contribution in [0.25, 0.3) is 0 Å². The summed E-state index contributed by atoms with van der Waals surface area (Å²) in [5.41, 5.74) is 1.68. The van der Waals surface area contributed by atoms with E-state index in [1.54, 1.807) is 13.2 Å². The molecule has 1 amide bonds. The SMILES string of the molecule is COc1ccc(CCNC(=O)c2cc3c(o2)CCCC3=O)cc1. The van der Waals surface area contributed by atoms with E-state index in [4.69, 9.17) is 9.15 Å². The number of ketones is 1. The first-order valence-electron chi connectivity index (χ1n) is 7.74. The van der Waals surface area contributed by atoms with E-state index >= 15 is 0 Å². The minimum absolute atomic E-state index is 0.0623. The summed E-state index contributed by atoms with van der Waals surface area (Å²) in [6.45, 7) is 0.504. The molecule has 0 saturated carbocycles. The first-order valence-corrected chi connectivity index (χ1v) is 7.74. The third-order valence-electron chi connectivity index (χ3n) is 4.00. The summed E-state index contributed by atoms with van der Waals surface area (Å²) in [6.07, 6.45) is 2.76. The molecule has 1 aromatic carbocycles. The van der Waals surface area contributed by atoms with E-state index in [2.05, 4.69) is 5.32 Å². The van der Waals surface area contributed by atoms with Crippen LogP contribution in [0.1, 0.15) is 45.1 Å². The zero-order chi connectivity index (χ0) is 16.2. The molecule has 0 aliphatic heterocycles. The van der Waals surface area contributed by atoms with E-state index in [0.717, 1.165) is 30.6 Å². The molecule has 5 nitrogen and oxygen atoms in total. The average molecular weight is 313 g/mol. The highest BCUT2D eigenvalue weighted by molar-refractivity contribution is 6.01. The summed E-state index contributed by atoms with van der Waals surface area (Å²) in [7, 11) is 1.63. The van der Waals surface area contributed by atoms with Crippen LogP contribution in [0.3, 0.4) is 0 Å². The third-order valence-corrected chi connectivity index (χ3v) is 4.00. The van der Waals surface area contributed by atoms with Crippen LogP contribution in [0, 0.1) is 0 Å². The lowest BCUT2D eigenvalue weighted by Crippen LogP contribution is -2.25. The van der Waals surface area contributed by atoms with Gasteiger partial charge in [0.1, 0.15) is 11.5 Å². The number of benzene rings is 1. The highest BCUT2D eigenvalue weighted by atomic mass is 16.5. The average Bonchev–Trinajstić information content (AvgIpc) is 3.01. The molecule has 1 N–H and O–H groups in total. The van der Waals surface area contributed by atoms with Gasteiger partial charge in [0.05, 0.1) is 12.7 Å². The molecule has 1 heterocycles. The van der Waals surface area contributed by atoms with Gasteiger partial charge in [-0.3, -0.25) is 9.59 Å². The number of aryl methyl sites for hydroxylation is 1. The fraction of sp³-hybridized carbons (Fsp3) is 0.333. The van der Waals surface area contributed by atoms with Gasteiger partial charge in [0.25, 0.3) is 5.91 Å². The van der Waals surface area contributed by atoms with E-state index in [0.29, 0.717) is 24.3 Å². The normalized spacial score (nSPS) is 13.5. The Morgan fingerprint density at radius 3 is 2.74 bits per heavy atom. The zero-order valence-electron chi connectivity index (χ0n) is 13.1. The number of furan rings is 1. The molecule has 0 atom stereocenters. The van der Waals surface area contributed by atoms with Crippen LogP contribution in [0.5, 0.6) is 5.75 Å². The van der Waals surface area contributed by atoms with Crippen molar-refractivity contribution >= 4 is 11.7 Å². The first kappa shape index (κ1) is 15.3. The largest absolute Gasteiger partial charge is 0.497 e. The van der Waals surface area contributed by atoms with E-state index in [9.17, 15) is 9.59 Å². The maximum absolute atomic E-state index is 12.1. The maximum Gasteiger partial charge on any atom is 0.287 e. The molecule has 0 unspecified atom stereocenters. The topological polar surface area (TPSA) is 68.5 Å². The van der Waals surface area contributed by atoms with Crippen molar-refractivity contribution in [3.8, 4) is 5.75 Å². The van der Waals surface area contributed by atoms with Gasteiger partial charge in [0.2, 0.25) is 0 Å². The number of amides is 1. The molecule has 0 spiro atoms. The Bertz CT molecular complexity index is 715. The number of carbonyl (C=O) groups excluding carboxylic acids is 2. The fourth-order valence-corrected chi connectivity index (χ4v) is 2.71. The van der Waals surface area contributed by atoms with Crippen LogP contribution in [0.2, 0.25) is 0 Å². The number of hydrogen-bond acceptors (Lipinski definition) is 4. The van der Waals surface area contributed by atoms with Crippen LogP contribution in [0.4, 0.5) is 0 Å². The molecule has 23 heavy (non-hydrogen) atoms. The van der Waals surface area contributed by atoms with Gasteiger partial charge in [0, 0.05) is 25.5 Å². The molecular weight excluding hydrogens is 294 g/mol. The minimum Gasteiger partial charge on any atom is -0.497 e. The quantitative estimate of drug-likeness (QED) is 0.921. The molecule has 5 heteroatoms. The van der Waals surface area contributed by atoms with Crippen LogP contribution < -0.4 is 10.1 Å². The molecule has 120 valence electrons. The second kappa shape index (κ2) is 6.69. The van der Waals surface area contributed by atoms with Crippen molar-refractivity contribution in [2.45, 2.75) is 25.7 Å². The molecule has 0 bridgehead atoms. The molecule has 3 rings (SSSR count). The van der Waals surface area contributed by atoms with Gasteiger partial charge in [-0.05, 0) is 30.5 Å². The standard InChI is InChI=1S/C18H19NO4/c1-22-13-7-5-12(6-8-13)9-10-19-18(21)17-11-14-15(20)3-2-4-16(14)23-17/h5-8,11H,2-4,9-10H2,1H3,(H,19,21). The number of nitrogens with one attached hydrogen (secondary N) is 1. The van der Waals surface area contributed by atoms with Gasteiger partial charge >= 0.3 is 0 Å². The summed E-state index contributed by atoms with van der Waals surface area (Å²) in [5, 5.41) is 2.82. The summed E-state index contributed by atoms with van der Waals surface area (Å²) < 4.78 is 10.6. The molecule has 2 aromatic rings. The van der Waals surface area contributed by atoms with Gasteiger partial charge in [-0.1, -0.05) is 12.1 Å². The van der Waals surface area contributed by atoms with Crippen molar-refractivity contribution in [2.75, 3.05) is 13.7 Å². The van der Waals surface area contributed by atoms with Crippen molar-refractivity contribution in [1.82, 2.24) is 5.32 Å². The fourth-order valence-electron chi connectivity index (χ4n) is 2.71. The number of hydrogen-bond donors (Lipinski definition) is 1. The Kier molecular flexibility index (Phi) is 4.46. The first-order chi connectivity index (χ1) is 11.2. The predicted octanol–water partition coefficient (Wildman–Crippen LogP) is 2.78. The molecule has 1 aromatic heterocycles. The molecule has 0 saturated heterocycles. The Morgan fingerprint density at radius 2 is 2.04 bits per heavy atom. The number of carbonyl (C=O) groups is 2. The smallest absolute Gasteiger partial charge is 0.287 e. The van der Waals surface area contributed by atoms with Crippen molar-refractivity contribution in [1.29, 1.82) is 0 Å².